The molecule has 0 spiro atoms. The summed E-state index contributed by atoms with van der Waals surface area (Å²) in [5.74, 6) is 0.120. The molecule has 4 unspecified atom stereocenters. The normalized spacial score (nSPS) is 31.7. The first-order chi connectivity index (χ1) is 9.98. The minimum Gasteiger partial charge on any atom is -0.396 e. The van der Waals surface area contributed by atoms with Crippen LogP contribution in [0.4, 0.5) is 4.39 Å². The van der Waals surface area contributed by atoms with E-state index in [9.17, 15) is 17.9 Å². The molecule has 6 heteroatoms. The fourth-order valence-corrected chi connectivity index (χ4v) is 5.44. The predicted octanol–water partition coefficient (Wildman–Crippen LogP) is 1.65. The van der Waals surface area contributed by atoms with Gasteiger partial charge in [0.2, 0.25) is 10.0 Å². The number of nitrogens with one attached hydrogen (secondary N) is 1. The van der Waals surface area contributed by atoms with Crippen LogP contribution in [0.2, 0.25) is 0 Å². The second-order valence-electron chi connectivity index (χ2n) is 6.21. The van der Waals surface area contributed by atoms with E-state index in [1.54, 1.807) is 6.07 Å². The highest BCUT2D eigenvalue weighted by Crippen LogP contribution is 2.48. The lowest BCUT2D eigenvalue weighted by atomic mass is 9.86. The van der Waals surface area contributed by atoms with E-state index in [0.717, 1.165) is 19.3 Å². The average molecular weight is 313 g/mol. The van der Waals surface area contributed by atoms with E-state index in [1.807, 2.05) is 0 Å². The lowest BCUT2D eigenvalue weighted by Gasteiger charge is -2.30. The summed E-state index contributed by atoms with van der Waals surface area (Å²) < 4.78 is 40.5. The van der Waals surface area contributed by atoms with Gasteiger partial charge in [-0.2, -0.15) is 0 Å². The summed E-state index contributed by atoms with van der Waals surface area (Å²) in [6, 6.07) is 5.47. The van der Waals surface area contributed by atoms with Gasteiger partial charge in [-0.3, -0.25) is 0 Å². The van der Waals surface area contributed by atoms with Gasteiger partial charge in [0.15, 0.2) is 0 Å². The molecule has 2 N–H and O–H groups in total. The maximum atomic E-state index is 13.1. The van der Waals surface area contributed by atoms with Crippen LogP contribution in [0.25, 0.3) is 0 Å². The van der Waals surface area contributed by atoms with Gasteiger partial charge in [-0.05, 0) is 48.8 Å². The summed E-state index contributed by atoms with van der Waals surface area (Å²) in [5.41, 5.74) is 0.436. The fourth-order valence-electron chi connectivity index (χ4n) is 3.95. The number of sulfonamides is 1. The molecule has 0 aromatic heterocycles. The smallest absolute Gasteiger partial charge is 0.216 e. The molecule has 1 aromatic rings. The number of rotatable bonds is 5. The lowest BCUT2D eigenvalue weighted by molar-refractivity contribution is 0.153. The van der Waals surface area contributed by atoms with E-state index in [0.29, 0.717) is 17.4 Å². The standard InChI is InChI=1S/C15H20FNO3S/c16-13-3-1-2-10(6-13)9-21(19,20)17-15-12-5-4-11(7-12)14(15)8-18/h1-3,6,11-12,14-15,17-18H,4-5,7-9H2. The highest BCUT2D eigenvalue weighted by atomic mass is 32.2. The average Bonchev–Trinajstić information content (AvgIpc) is 2.98. The van der Waals surface area contributed by atoms with Crippen molar-refractivity contribution in [1.29, 1.82) is 0 Å². The van der Waals surface area contributed by atoms with Crippen molar-refractivity contribution in [3.05, 3.63) is 35.6 Å². The maximum absolute atomic E-state index is 13.1. The zero-order valence-corrected chi connectivity index (χ0v) is 12.5. The Balaban J connectivity index is 1.71. The van der Waals surface area contributed by atoms with Crippen molar-refractivity contribution in [2.45, 2.75) is 31.1 Å². The van der Waals surface area contributed by atoms with Gasteiger partial charge >= 0.3 is 0 Å². The Kier molecular flexibility index (Phi) is 4.03. The number of hydrogen-bond acceptors (Lipinski definition) is 3. The third kappa shape index (κ3) is 3.12. The highest BCUT2D eigenvalue weighted by Gasteiger charge is 2.48. The van der Waals surface area contributed by atoms with Crippen LogP contribution in [-0.4, -0.2) is 26.2 Å². The monoisotopic (exact) mass is 313 g/mol. The molecule has 3 rings (SSSR count). The summed E-state index contributed by atoms with van der Waals surface area (Å²) >= 11 is 0. The fraction of sp³-hybridized carbons (Fsp3) is 0.600. The Bertz CT molecular complexity index is 619. The quantitative estimate of drug-likeness (QED) is 0.869. The van der Waals surface area contributed by atoms with Crippen molar-refractivity contribution in [3.8, 4) is 0 Å². The third-order valence-corrected chi connectivity index (χ3v) is 6.21. The molecule has 4 atom stereocenters. The largest absolute Gasteiger partial charge is 0.396 e. The van der Waals surface area contributed by atoms with Gasteiger partial charge in [-0.15, -0.1) is 0 Å². The van der Waals surface area contributed by atoms with Crippen LogP contribution < -0.4 is 4.72 Å². The van der Waals surface area contributed by atoms with Crippen LogP contribution >= 0.6 is 0 Å². The molecule has 4 nitrogen and oxygen atoms in total. The third-order valence-electron chi connectivity index (χ3n) is 4.86. The Morgan fingerprint density at radius 3 is 2.76 bits per heavy atom. The van der Waals surface area contributed by atoms with Crippen LogP contribution in [-0.2, 0) is 15.8 Å². The number of aliphatic hydroxyl groups excluding tert-OH is 1. The molecule has 2 fully saturated rings. The van der Waals surface area contributed by atoms with Gasteiger partial charge in [-0.25, -0.2) is 17.5 Å². The summed E-state index contributed by atoms with van der Waals surface area (Å²) in [6.45, 7) is 0.0221. The van der Waals surface area contributed by atoms with Gasteiger partial charge in [0.25, 0.3) is 0 Å². The second kappa shape index (κ2) is 5.66. The van der Waals surface area contributed by atoms with Gasteiger partial charge in [0.1, 0.15) is 5.82 Å². The Labute approximate surface area is 124 Å². The Morgan fingerprint density at radius 2 is 2.05 bits per heavy atom. The van der Waals surface area contributed by atoms with Crippen molar-refractivity contribution in [2.75, 3.05) is 6.61 Å². The summed E-state index contributed by atoms with van der Waals surface area (Å²) in [7, 11) is -3.53. The minimum atomic E-state index is -3.53. The highest BCUT2D eigenvalue weighted by molar-refractivity contribution is 7.88. The van der Waals surface area contributed by atoms with Gasteiger partial charge in [0, 0.05) is 18.6 Å². The van der Waals surface area contributed by atoms with Crippen molar-refractivity contribution >= 4 is 10.0 Å². The molecule has 0 saturated heterocycles. The first kappa shape index (κ1) is 14.9. The van der Waals surface area contributed by atoms with E-state index in [2.05, 4.69) is 4.72 Å². The Morgan fingerprint density at radius 1 is 1.29 bits per heavy atom. The van der Waals surface area contributed by atoms with Gasteiger partial charge < -0.3 is 5.11 Å². The topological polar surface area (TPSA) is 66.4 Å². The van der Waals surface area contributed by atoms with E-state index < -0.39 is 15.8 Å². The molecule has 2 aliphatic rings. The number of halogens is 1. The van der Waals surface area contributed by atoms with Crippen molar-refractivity contribution in [3.63, 3.8) is 0 Å². The molecule has 0 radical (unpaired) electrons. The predicted molar refractivity (Wildman–Crippen MR) is 77.4 cm³/mol. The first-order valence-corrected chi connectivity index (χ1v) is 8.99. The molecule has 2 bridgehead atoms. The maximum Gasteiger partial charge on any atom is 0.216 e. The van der Waals surface area contributed by atoms with Crippen molar-refractivity contribution in [2.24, 2.45) is 17.8 Å². The number of aliphatic hydroxyl groups is 1. The van der Waals surface area contributed by atoms with Crippen molar-refractivity contribution < 1.29 is 17.9 Å². The Hall–Kier alpha value is -0.980. The number of hydrogen-bond donors (Lipinski definition) is 2. The van der Waals surface area contributed by atoms with Crippen LogP contribution in [0.3, 0.4) is 0 Å². The van der Waals surface area contributed by atoms with Gasteiger partial charge in [0.05, 0.1) is 5.75 Å². The number of benzene rings is 1. The molecule has 0 heterocycles. The lowest BCUT2D eigenvalue weighted by Crippen LogP contribution is -2.45. The molecule has 116 valence electrons. The molecule has 0 amide bonds. The van der Waals surface area contributed by atoms with Gasteiger partial charge in [-0.1, -0.05) is 12.1 Å². The molecular formula is C15H20FNO3S. The van der Waals surface area contributed by atoms with E-state index in [-0.39, 0.29) is 24.3 Å². The zero-order chi connectivity index (χ0) is 15.0. The second-order valence-corrected chi connectivity index (χ2v) is 7.97. The zero-order valence-electron chi connectivity index (χ0n) is 11.7. The minimum absolute atomic E-state index is 0.0195. The summed E-state index contributed by atoms with van der Waals surface area (Å²) in [6.07, 6.45) is 3.10. The SMILES string of the molecule is O=S(=O)(Cc1cccc(F)c1)NC1C2CCC(C2)C1CO. The molecule has 0 aliphatic heterocycles. The summed E-state index contributed by atoms with van der Waals surface area (Å²) in [4.78, 5) is 0. The van der Waals surface area contributed by atoms with Crippen LogP contribution in [0.15, 0.2) is 24.3 Å². The van der Waals surface area contributed by atoms with Crippen LogP contribution in [0.5, 0.6) is 0 Å². The van der Waals surface area contributed by atoms with Crippen LogP contribution in [0, 0.1) is 23.6 Å². The first-order valence-electron chi connectivity index (χ1n) is 7.34. The molecule has 2 saturated carbocycles. The van der Waals surface area contributed by atoms with E-state index in [4.69, 9.17) is 0 Å². The van der Waals surface area contributed by atoms with Crippen LogP contribution in [0.1, 0.15) is 24.8 Å². The summed E-state index contributed by atoms with van der Waals surface area (Å²) in [5, 5.41) is 9.50. The number of fused-ring (bicyclic) bond motifs is 2. The van der Waals surface area contributed by atoms with E-state index in [1.165, 1.54) is 18.2 Å². The van der Waals surface area contributed by atoms with E-state index >= 15 is 0 Å². The van der Waals surface area contributed by atoms with Crippen molar-refractivity contribution in [1.82, 2.24) is 4.72 Å². The molecule has 1 aromatic carbocycles. The molecule has 2 aliphatic carbocycles. The molecular weight excluding hydrogens is 293 g/mol. The molecule has 21 heavy (non-hydrogen) atoms.